The minimum absolute atomic E-state index is 0.115. The van der Waals surface area contributed by atoms with Crippen LogP contribution in [0.2, 0.25) is 0 Å². The maximum absolute atomic E-state index is 12.8. The van der Waals surface area contributed by atoms with Crippen LogP contribution in [0, 0.1) is 0 Å². The van der Waals surface area contributed by atoms with Crippen molar-refractivity contribution in [2.24, 2.45) is 0 Å². The third kappa shape index (κ3) is 55.1. The Morgan fingerprint density at radius 3 is 0.870 bits per heavy atom. The third-order valence-corrected chi connectivity index (χ3v) is 12.1. The van der Waals surface area contributed by atoms with Crippen molar-refractivity contribution in [3.8, 4) is 0 Å². The van der Waals surface area contributed by atoms with Crippen molar-refractivity contribution in [3.05, 3.63) is 97.2 Å². The van der Waals surface area contributed by atoms with Gasteiger partial charge in [-0.05, 0) is 96.3 Å². The minimum Gasteiger partial charge on any atom is -0.462 e. The Bertz CT molecular complexity index is 1380. The zero-order valence-corrected chi connectivity index (χ0v) is 45.0. The number of carbonyl (C=O) groups is 3. The molecule has 0 radical (unpaired) electrons. The summed E-state index contributed by atoms with van der Waals surface area (Å²) < 4.78 is 16.8. The summed E-state index contributed by atoms with van der Waals surface area (Å²) in [7, 11) is 0. The largest absolute Gasteiger partial charge is 0.462 e. The van der Waals surface area contributed by atoms with E-state index in [1.807, 2.05) is 0 Å². The van der Waals surface area contributed by atoms with Gasteiger partial charge in [0, 0.05) is 19.3 Å². The van der Waals surface area contributed by atoms with E-state index in [-0.39, 0.29) is 44.0 Å². The van der Waals surface area contributed by atoms with E-state index in [1.54, 1.807) is 0 Å². The number of esters is 3. The predicted octanol–water partition coefficient (Wildman–Crippen LogP) is 19.3. The molecule has 0 aliphatic carbocycles. The molecule has 0 aliphatic rings. The topological polar surface area (TPSA) is 78.9 Å². The summed E-state index contributed by atoms with van der Waals surface area (Å²) in [6.45, 7) is 6.50. The fraction of sp³-hybridized carbons (Fsp3) is 0.698. The van der Waals surface area contributed by atoms with E-state index in [9.17, 15) is 14.4 Å². The molecule has 394 valence electrons. The second-order valence-corrected chi connectivity index (χ2v) is 18.8. The molecule has 0 N–H and O–H groups in total. The first kappa shape index (κ1) is 65.3. The Hall–Kier alpha value is -3.67. The molecule has 0 aliphatic heterocycles. The summed E-state index contributed by atoms with van der Waals surface area (Å²) in [5, 5.41) is 0. The Morgan fingerprint density at radius 1 is 0.290 bits per heavy atom. The lowest BCUT2D eigenvalue weighted by Crippen LogP contribution is -2.30. The lowest BCUT2D eigenvalue weighted by Gasteiger charge is -2.18. The van der Waals surface area contributed by atoms with Crippen molar-refractivity contribution in [3.63, 3.8) is 0 Å². The number of ether oxygens (including phenoxy) is 3. The van der Waals surface area contributed by atoms with Gasteiger partial charge < -0.3 is 14.2 Å². The van der Waals surface area contributed by atoms with Gasteiger partial charge in [-0.1, -0.05) is 246 Å². The van der Waals surface area contributed by atoms with Gasteiger partial charge >= 0.3 is 17.9 Å². The van der Waals surface area contributed by atoms with Gasteiger partial charge in [0.2, 0.25) is 0 Å². The zero-order valence-electron chi connectivity index (χ0n) is 45.0. The van der Waals surface area contributed by atoms with E-state index >= 15 is 0 Å². The molecule has 0 bridgehead atoms. The van der Waals surface area contributed by atoms with E-state index in [2.05, 4.69) is 118 Å². The molecule has 0 spiro atoms. The Labute approximate surface area is 426 Å². The average molecular weight is 960 g/mol. The Kier molecular flexibility index (Phi) is 53.9. The normalized spacial score (nSPS) is 12.8. The Balaban J connectivity index is 4.54. The van der Waals surface area contributed by atoms with Crippen LogP contribution in [-0.4, -0.2) is 37.2 Å². The van der Waals surface area contributed by atoms with Crippen molar-refractivity contribution in [2.45, 2.75) is 271 Å². The fourth-order valence-corrected chi connectivity index (χ4v) is 7.72. The standard InChI is InChI=1S/C63H106O6/c1-4-7-10-13-16-19-22-25-28-31-34-37-40-43-46-49-52-55-61(64)67-58-60(69-63(66)57-54-51-48-45-42-39-36-33-30-27-24-21-18-15-12-9-6-3)59-68-62(65)56-53-50-47-44-41-38-35-32-29-26-23-20-17-14-11-8-5-2/h16,18-19,21,25,27-28,30,34,36-37,39,43,45-46,48,60H,4-15,17,20,22-24,26,29,31-33,35,38,40-42,44,47,49-59H2,1-3H3/b19-16-,21-18-,28-25-,30-27-,37-34-,39-36-,46-43-,48-45-. The van der Waals surface area contributed by atoms with Gasteiger partial charge in [0.1, 0.15) is 13.2 Å². The molecule has 0 saturated heterocycles. The van der Waals surface area contributed by atoms with Crippen LogP contribution in [0.3, 0.4) is 0 Å². The average Bonchev–Trinajstić information content (AvgIpc) is 3.35. The molecule has 6 heteroatoms. The van der Waals surface area contributed by atoms with Crippen LogP contribution in [0.15, 0.2) is 97.2 Å². The molecule has 0 aromatic heterocycles. The van der Waals surface area contributed by atoms with Crippen LogP contribution >= 0.6 is 0 Å². The molecule has 0 aromatic carbocycles. The summed E-state index contributed by atoms with van der Waals surface area (Å²) in [5.74, 6) is -1.03. The van der Waals surface area contributed by atoms with Crippen LogP contribution in [0.1, 0.15) is 265 Å². The van der Waals surface area contributed by atoms with Crippen molar-refractivity contribution >= 4 is 17.9 Å². The van der Waals surface area contributed by atoms with Crippen LogP contribution in [0.4, 0.5) is 0 Å². The van der Waals surface area contributed by atoms with Gasteiger partial charge in [-0.3, -0.25) is 14.4 Å². The lowest BCUT2D eigenvalue weighted by molar-refractivity contribution is -0.167. The molecule has 0 amide bonds. The fourth-order valence-electron chi connectivity index (χ4n) is 7.72. The highest BCUT2D eigenvalue weighted by Crippen LogP contribution is 2.15. The van der Waals surface area contributed by atoms with E-state index < -0.39 is 6.10 Å². The molecule has 1 atom stereocenters. The third-order valence-electron chi connectivity index (χ3n) is 12.1. The smallest absolute Gasteiger partial charge is 0.306 e. The molecule has 0 rings (SSSR count). The number of allylic oxidation sites excluding steroid dienone is 16. The van der Waals surface area contributed by atoms with Crippen LogP contribution < -0.4 is 0 Å². The minimum atomic E-state index is -0.828. The first-order valence-electron chi connectivity index (χ1n) is 28.7. The van der Waals surface area contributed by atoms with Crippen molar-refractivity contribution in [1.82, 2.24) is 0 Å². The maximum Gasteiger partial charge on any atom is 0.306 e. The molecule has 0 heterocycles. The van der Waals surface area contributed by atoms with Crippen molar-refractivity contribution in [1.29, 1.82) is 0 Å². The van der Waals surface area contributed by atoms with Crippen molar-refractivity contribution in [2.75, 3.05) is 13.2 Å². The summed E-state index contributed by atoms with van der Waals surface area (Å²) in [6.07, 6.45) is 75.5. The second kappa shape index (κ2) is 56.9. The quantitative estimate of drug-likeness (QED) is 0.0262. The predicted molar refractivity (Wildman–Crippen MR) is 297 cm³/mol. The SMILES string of the molecule is CCCCC/C=C\C/C=C\C/C=C\C/C=C\CCCC(=O)OCC(COC(=O)CCCCCCCCCCCCCCCCCCC)OC(=O)CCC/C=C\C/C=C\C/C=C\C/C=C\CCCCC. The molecule has 69 heavy (non-hydrogen) atoms. The monoisotopic (exact) mass is 959 g/mol. The highest BCUT2D eigenvalue weighted by molar-refractivity contribution is 5.71. The van der Waals surface area contributed by atoms with E-state index in [1.165, 1.54) is 141 Å². The molecule has 0 fully saturated rings. The summed E-state index contributed by atoms with van der Waals surface area (Å²) in [5.41, 5.74) is 0. The van der Waals surface area contributed by atoms with Crippen LogP contribution in [-0.2, 0) is 28.6 Å². The number of hydrogen-bond donors (Lipinski definition) is 0. The maximum atomic E-state index is 12.8. The van der Waals surface area contributed by atoms with Crippen molar-refractivity contribution < 1.29 is 28.6 Å². The number of unbranched alkanes of at least 4 members (excludes halogenated alkanes) is 24. The molecule has 0 saturated carbocycles. The van der Waals surface area contributed by atoms with Crippen LogP contribution in [0.5, 0.6) is 0 Å². The first-order valence-corrected chi connectivity index (χ1v) is 28.7. The number of hydrogen-bond acceptors (Lipinski definition) is 6. The Morgan fingerprint density at radius 2 is 0.536 bits per heavy atom. The molecule has 0 aromatic rings. The zero-order chi connectivity index (χ0) is 50.0. The van der Waals surface area contributed by atoms with Crippen LogP contribution in [0.25, 0.3) is 0 Å². The lowest BCUT2D eigenvalue weighted by atomic mass is 10.0. The first-order chi connectivity index (χ1) is 34.0. The van der Waals surface area contributed by atoms with E-state index in [0.29, 0.717) is 19.3 Å². The molecule has 6 nitrogen and oxygen atoms in total. The number of carbonyl (C=O) groups excluding carboxylic acids is 3. The van der Waals surface area contributed by atoms with Gasteiger partial charge in [0.25, 0.3) is 0 Å². The van der Waals surface area contributed by atoms with E-state index in [4.69, 9.17) is 14.2 Å². The highest BCUT2D eigenvalue weighted by Gasteiger charge is 2.19. The van der Waals surface area contributed by atoms with Gasteiger partial charge in [-0.15, -0.1) is 0 Å². The molecule has 1 unspecified atom stereocenters. The highest BCUT2D eigenvalue weighted by atomic mass is 16.6. The summed E-state index contributed by atoms with van der Waals surface area (Å²) >= 11 is 0. The van der Waals surface area contributed by atoms with Gasteiger partial charge in [0.15, 0.2) is 6.10 Å². The second-order valence-electron chi connectivity index (χ2n) is 18.8. The summed E-state index contributed by atoms with van der Waals surface area (Å²) in [6, 6.07) is 0. The van der Waals surface area contributed by atoms with E-state index in [0.717, 1.165) is 70.6 Å². The van der Waals surface area contributed by atoms with Gasteiger partial charge in [0.05, 0.1) is 0 Å². The van der Waals surface area contributed by atoms with Gasteiger partial charge in [-0.2, -0.15) is 0 Å². The van der Waals surface area contributed by atoms with Gasteiger partial charge in [-0.25, -0.2) is 0 Å². The molecular weight excluding hydrogens is 853 g/mol. The number of rotatable bonds is 51. The summed E-state index contributed by atoms with van der Waals surface area (Å²) in [4.78, 5) is 38.1. The molecular formula is C63H106O6.